The maximum Gasteiger partial charge on any atom is 0.334 e. The Balaban J connectivity index is 2.03. The van der Waals surface area contributed by atoms with Crippen molar-refractivity contribution in [3.8, 4) is 0 Å². The summed E-state index contributed by atoms with van der Waals surface area (Å²) in [6.45, 7) is 4.80. The van der Waals surface area contributed by atoms with Crippen molar-refractivity contribution in [3.63, 3.8) is 0 Å². The predicted molar refractivity (Wildman–Crippen MR) is 71.7 cm³/mol. The van der Waals surface area contributed by atoms with Crippen LogP contribution in [-0.2, 0) is 14.3 Å². The molecule has 0 bridgehead atoms. The Bertz CT molecular complexity index is 307. The molecule has 0 aromatic rings. The number of hydrogen-bond acceptors (Lipinski definition) is 5. The highest BCUT2D eigenvalue weighted by Gasteiger charge is 2.16. The molecule has 0 saturated carbocycles. The molecule has 0 aromatic carbocycles. The monoisotopic (exact) mass is 289 g/mol. The molecule has 1 aliphatic rings. The third kappa shape index (κ3) is 6.69. The van der Waals surface area contributed by atoms with Gasteiger partial charge in [0.1, 0.15) is 0 Å². The van der Waals surface area contributed by atoms with Gasteiger partial charge in [-0.15, -0.1) is 0 Å². The Labute approximate surface area is 118 Å². The van der Waals surface area contributed by atoms with Gasteiger partial charge in [-0.25, -0.2) is 9.59 Å². The zero-order valence-corrected chi connectivity index (χ0v) is 11.8. The lowest BCUT2D eigenvalue weighted by Gasteiger charge is -2.26. The number of urea groups is 1. The van der Waals surface area contributed by atoms with E-state index < -0.39 is 12.1 Å². The smallest absolute Gasteiger partial charge is 0.334 e. The molecule has 1 fully saturated rings. The summed E-state index contributed by atoms with van der Waals surface area (Å²) in [7, 11) is 1.29. The number of methoxy groups -OCH3 is 1. The van der Waals surface area contributed by atoms with E-state index in [1.807, 2.05) is 0 Å². The molecule has 1 rings (SSSR count). The maximum absolute atomic E-state index is 11.4. The van der Waals surface area contributed by atoms with Crippen molar-refractivity contribution < 1.29 is 24.2 Å². The lowest BCUT2D eigenvalue weighted by Crippen LogP contribution is -2.43. The van der Waals surface area contributed by atoms with Gasteiger partial charge in [0, 0.05) is 26.7 Å². The summed E-state index contributed by atoms with van der Waals surface area (Å²) in [6.07, 6.45) is -0.172. The molecule has 8 nitrogen and oxygen atoms in total. The SMILES string of the molecule is COC(CNC(=O)NCCCN1CCOCC1)C(=O)O. The number of carboxylic acid groups (broad SMARTS) is 1. The first kappa shape index (κ1) is 16.7. The lowest BCUT2D eigenvalue weighted by molar-refractivity contribution is -0.147. The number of carbonyl (C=O) groups excluding carboxylic acids is 1. The normalized spacial score (nSPS) is 17.4. The zero-order valence-electron chi connectivity index (χ0n) is 11.8. The molecule has 1 heterocycles. The summed E-state index contributed by atoms with van der Waals surface area (Å²) in [5.41, 5.74) is 0. The Morgan fingerprint density at radius 2 is 2.05 bits per heavy atom. The largest absolute Gasteiger partial charge is 0.479 e. The van der Waals surface area contributed by atoms with E-state index in [9.17, 15) is 9.59 Å². The van der Waals surface area contributed by atoms with Crippen LogP contribution in [0.3, 0.4) is 0 Å². The van der Waals surface area contributed by atoms with Crippen molar-refractivity contribution >= 4 is 12.0 Å². The maximum atomic E-state index is 11.4. The molecule has 1 saturated heterocycles. The summed E-state index contributed by atoms with van der Waals surface area (Å²) in [5, 5.41) is 13.9. The van der Waals surface area contributed by atoms with Gasteiger partial charge < -0.3 is 25.2 Å². The highest BCUT2D eigenvalue weighted by Crippen LogP contribution is 1.97. The van der Waals surface area contributed by atoms with Gasteiger partial charge in [-0.2, -0.15) is 0 Å². The molecule has 116 valence electrons. The molecule has 8 heteroatoms. The summed E-state index contributed by atoms with van der Waals surface area (Å²) >= 11 is 0. The van der Waals surface area contributed by atoms with Crippen molar-refractivity contribution in [2.45, 2.75) is 12.5 Å². The molecule has 3 N–H and O–H groups in total. The topological polar surface area (TPSA) is 100 Å². The van der Waals surface area contributed by atoms with Gasteiger partial charge in [0.15, 0.2) is 6.10 Å². The summed E-state index contributed by atoms with van der Waals surface area (Å²) in [4.78, 5) is 24.4. The Hall–Kier alpha value is -1.38. The lowest BCUT2D eigenvalue weighted by atomic mass is 10.3. The third-order valence-electron chi connectivity index (χ3n) is 3.05. The fourth-order valence-corrected chi connectivity index (χ4v) is 1.85. The van der Waals surface area contributed by atoms with Crippen molar-refractivity contribution in [1.29, 1.82) is 0 Å². The van der Waals surface area contributed by atoms with E-state index in [2.05, 4.69) is 15.5 Å². The number of morpholine rings is 1. The third-order valence-corrected chi connectivity index (χ3v) is 3.05. The minimum absolute atomic E-state index is 0.0544. The first-order valence-corrected chi connectivity index (χ1v) is 6.71. The van der Waals surface area contributed by atoms with Gasteiger partial charge in [0.25, 0.3) is 0 Å². The minimum Gasteiger partial charge on any atom is -0.479 e. The Kier molecular flexibility index (Phi) is 7.93. The van der Waals surface area contributed by atoms with Crippen LogP contribution in [0.25, 0.3) is 0 Å². The average Bonchev–Trinajstić information content (AvgIpc) is 2.45. The fourth-order valence-electron chi connectivity index (χ4n) is 1.85. The predicted octanol–water partition coefficient (Wildman–Crippen LogP) is -0.892. The van der Waals surface area contributed by atoms with Crippen LogP contribution in [-0.4, -0.2) is 81.2 Å². The van der Waals surface area contributed by atoms with Gasteiger partial charge in [-0.05, 0) is 13.0 Å². The number of rotatable bonds is 8. The molecule has 0 aliphatic carbocycles. The van der Waals surface area contributed by atoms with Crippen molar-refractivity contribution in [2.24, 2.45) is 0 Å². The van der Waals surface area contributed by atoms with Gasteiger partial charge in [0.05, 0.1) is 19.8 Å². The van der Waals surface area contributed by atoms with Gasteiger partial charge >= 0.3 is 12.0 Å². The van der Waals surface area contributed by atoms with Gasteiger partial charge in [-0.3, -0.25) is 4.90 Å². The second-order valence-corrected chi connectivity index (χ2v) is 4.51. The first-order chi connectivity index (χ1) is 9.63. The molecule has 1 atom stereocenters. The van der Waals surface area contributed by atoms with Crippen LogP contribution in [0.4, 0.5) is 4.79 Å². The minimum atomic E-state index is -1.10. The second-order valence-electron chi connectivity index (χ2n) is 4.51. The number of nitrogens with zero attached hydrogens (tertiary/aromatic N) is 1. The van der Waals surface area contributed by atoms with E-state index in [0.29, 0.717) is 6.54 Å². The summed E-state index contributed by atoms with van der Waals surface area (Å²) in [6, 6.07) is -0.379. The molecule has 2 amide bonds. The van der Waals surface area contributed by atoms with E-state index in [0.717, 1.165) is 39.3 Å². The molecule has 20 heavy (non-hydrogen) atoms. The number of carbonyl (C=O) groups is 2. The fraction of sp³-hybridized carbons (Fsp3) is 0.833. The molecular formula is C12H23N3O5. The first-order valence-electron chi connectivity index (χ1n) is 6.71. The van der Waals surface area contributed by atoms with Crippen molar-refractivity contribution in [2.75, 3.05) is 53.0 Å². The van der Waals surface area contributed by atoms with Crippen molar-refractivity contribution in [3.05, 3.63) is 0 Å². The van der Waals surface area contributed by atoms with E-state index >= 15 is 0 Å². The summed E-state index contributed by atoms with van der Waals surface area (Å²) < 4.78 is 9.95. The van der Waals surface area contributed by atoms with E-state index in [1.54, 1.807) is 0 Å². The molecule has 1 aliphatic heterocycles. The molecular weight excluding hydrogens is 266 g/mol. The van der Waals surface area contributed by atoms with Crippen LogP contribution in [0.5, 0.6) is 0 Å². The van der Waals surface area contributed by atoms with Crippen LogP contribution in [0.1, 0.15) is 6.42 Å². The Morgan fingerprint density at radius 3 is 2.65 bits per heavy atom. The molecule has 0 aromatic heterocycles. The van der Waals surface area contributed by atoms with E-state index in [1.165, 1.54) is 7.11 Å². The molecule has 1 unspecified atom stereocenters. The number of nitrogens with one attached hydrogen (secondary N) is 2. The van der Waals surface area contributed by atoms with Crippen LogP contribution < -0.4 is 10.6 Å². The van der Waals surface area contributed by atoms with Crippen LogP contribution in [0, 0.1) is 0 Å². The van der Waals surface area contributed by atoms with Gasteiger partial charge in [-0.1, -0.05) is 0 Å². The number of hydrogen-bond donors (Lipinski definition) is 3. The average molecular weight is 289 g/mol. The highest BCUT2D eigenvalue weighted by molar-refractivity contribution is 5.76. The summed E-state index contributed by atoms with van der Waals surface area (Å²) in [5.74, 6) is -1.10. The second kappa shape index (κ2) is 9.51. The molecule has 0 radical (unpaired) electrons. The number of amides is 2. The Morgan fingerprint density at radius 1 is 1.35 bits per heavy atom. The van der Waals surface area contributed by atoms with E-state index in [4.69, 9.17) is 14.6 Å². The molecule has 0 spiro atoms. The van der Waals surface area contributed by atoms with Crippen LogP contribution in [0.15, 0.2) is 0 Å². The number of carboxylic acids is 1. The number of ether oxygens (including phenoxy) is 2. The quantitative estimate of drug-likeness (QED) is 0.501. The highest BCUT2D eigenvalue weighted by atomic mass is 16.5. The van der Waals surface area contributed by atoms with E-state index in [-0.39, 0.29) is 12.6 Å². The van der Waals surface area contributed by atoms with Crippen LogP contribution in [0.2, 0.25) is 0 Å². The van der Waals surface area contributed by atoms with Crippen LogP contribution >= 0.6 is 0 Å². The van der Waals surface area contributed by atoms with Crippen molar-refractivity contribution in [1.82, 2.24) is 15.5 Å². The zero-order chi connectivity index (χ0) is 14.8. The van der Waals surface area contributed by atoms with Gasteiger partial charge in [0.2, 0.25) is 0 Å². The standard InChI is InChI=1S/C12H23N3O5/c1-19-10(11(16)17)9-14-12(18)13-3-2-4-15-5-7-20-8-6-15/h10H,2-9H2,1H3,(H,16,17)(H2,13,14,18). The number of aliphatic carboxylic acids is 1.